The number of aromatic amines is 1. The van der Waals surface area contributed by atoms with Gasteiger partial charge in [-0.1, -0.05) is 17.7 Å². The summed E-state index contributed by atoms with van der Waals surface area (Å²) in [6.45, 7) is 0. The lowest BCUT2D eigenvalue weighted by Crippen LogP contribution is -2.05. The third kappa shape index (κ3) is 1.62. The van der Waals surface area contributed by atoms with Crippen LogP contribution in [0.5, 0.6) is 0 Å². The Morgan fingerprint density at radius 1 is 1.33 bits per heavy atom. The van der Waals surface area contributed by atoms with Gasteiger partial charge in [-0.2, -0.15) is 5.10 Å². The molecule has 0 amide bonds. The van der Waals surface area contributed by atoms with Crippen molar-refractivity contribution in [3.63, 3.8) is 0 Å². The van der Waals surface area contributed by atoms with Gasteiger partial charge in [-0.15, -0.1) is 0 Å². The molecule has 1 N–H and O–H groups in total. The number of pyridine rings is 1. The number of hydrogen-bond donors (Lipinski definition) is 1. The average molecular weight is 260 g/mol. The van der Waals surface area contributed by atoms with Crippen molar-refractivity contribution in [1.82, 2.24) is 14.8 Å². The summed E-state index contributed by atoms with van der Waals surface area (Å²) in [5.41, 5.74) is 2.15. The molecule has 0 spiro atoms. The molecule has 2 aromatic heterocycles. The Bertz CT molecular complexity index is 788. The number of fused-ring (bicyclic) bond motifs is 1. The molecule has 0 saturated heterocycles. The lowest BCUT2D eigenvalue weighted by atomic mass is 10.1. The number of halogens is 1. The van der Waals surface area contributed by atoms with Gasteiger partial charge in [0, 0.05) is 24.7 Å². The van der Waals surface area contributed by atoms with Gasteiger partial charge in [0.25, 0.3) is 0 Å². The SMILES string of the molecule is Cn1nccc1-c1cc(=O)c2cccc(Cl)c2[nH]1. The van der Waals surface area contributed by atoms with Crippen LogP contribution in [-0.2, 0) is 7.05 Å². The monoisotopic (exact) mass is 259 g/mol. The molecule has 0 saturated carbocycles. The molecule has 3 rings (SSSR count). The molecule has 3 aromatic rings. The average Bonchev–Trinajstić information content (AvgIpc) is 2.77. The summed E-state index contributed by atoms with van der Waals surface area (Å²) in [6, 6.07) is 8.69. The normalized spacial score (nSPS) is 11.0. The fraction of sp³-hybridized carbons (Fsp3) is 0.0769. The van der Waals surface area contributed by atoms with Crippen molar-refractivity contribution in [3.8, 4) is 11.4 Å². The lowest BCUT2D eigenvalue weighted by Gasteiger charge is -2.05. The molecule has 0 aliphatic heterocycles. The summed E-state index contributed by atoms with van der Waals surface area (Å²) in [5.74, 6) is 0. The van der Waals surface area contributed by atoms with Gasteiger partial charge in [0.05, 0.1) is 21.9 Å². The van der Waals surface area contributed by atoms with E-state index in [-0.39, 0.29) is 5.43 Å². The zero-order valence-electron chi connectivity index (χ0n) is 9.64. The van der Waals surface area contributed by atoms with Crippen LogP contribution in [0.25, 0.3) is 22.3 Å². The van der Waals surface area contributed by atoms with Crippen LogP contribution < -0.4 is 5.43 Å². The Balaban J connectivity index is 2.37. The number of nitrogens with one attached hydrogen (secondary N) is 1. The minimum absolute atomic E-state index is 0.0533. The van der Waals surface area contributed by atoms with Crippen LogP contribution in [0.1, 0.15) is 0 Å². The number of aryl methyl sites for hydroxylation is 1. The first kappa shape index (κ1) is 11.0. The quantitative estimate of drug-likeness (QED) is 0.730. The highest BCUT2D eigenvalue weighted by atomic mass is 35.5. The van der Waals surface area contributed by atoms with Gasteiger partial charge >= 0.3 is 0 Å². The maximum absolute atomic E-state index is 12.0. The third-order valence-electron chi connectivity index (χ3n) is 2.91. The van der Waals surface area contributed by atoms with Gasteiger partial charge < -0.3 is 4.98 Å². The molecule has 0 aliphatic rings. The predicted molar refractivity (Wildman–Crippen MR) is 71.8 cm³/mol. The standard InChI is InChI=1S/C13H10ClN3O/c1-17-11(5-6-15-17)10-7-12(18)8-3-2-4-9(14)13(8)16-10/h2-7H,1H3,(H,16,18). The smallest absolute Gasteiger partial charge is 0.190 e. The van der Waals surface area contributed by atoms with Gasteiger partial charge in [-0.05, 0) is 18.2 Å². The zero-order chi connectivity index (χ0) is 12.7. The highest BCUT2D eigenvalue weighted by Gasteiger charge is 2.08. The van der Waals surface area contributed by atoms with Gasteiger partial charge in [0.2, 0.25) is 0 Å². The number of nitrogens with zero attached hydrogens (tertiary/aromatic N) is 2. The Morgan fingerprint density at radius 2 is 2.17 bits per heavy atom. The molecule has 90 valence electrons. The first-order valence-corrected chi connectivity index (χ1v) is 5.84. The first-order valence-electron chi connectivity index (χ1n) is 5.47. The second-order valence-electron chi connectivity index (χ2n) is 4.05. The number of benzene rings is 1. The molecule has 0 fully saturated rings. The maximum atomic E-state index is 12.0. The number of rotatable bonds is 1. The van der Waals surface area contributed by atoms with Crippen molar-refractivity contribution in [2.45, 2.75) is 0 Å². The van der Waals surface area contributed by atoms with Gasteiger partial charge in [-0.25, -0.2) is 0 Å². The van der Waals surface area contributed by atoms with Crippen molar-refractivity contribution >= 4 is 22.5 Å². The van der Waals surface area contributed by atoms with E-state index < -0.39 is 0 Å². The Labute approximate surface area is 108 Å². The highest BCUT2D eigenvalue weighted by Crippen LogP contribution is 2.22. The van der Waals surface area contributed by atoms with Crippen molar-refractivity contribution in [3.05, 3.63) is 51.8 Å². The summed E-state index contributed by atoms with van der Waals surface area (Å²) in [4.78, 5) is 15.2. The largest absolute Gasteiger partial charge is 0.352 e. The number of aromatic nitrogens is 3. The van der Waals surface area contributed by atoms with Crippen LogP contribution in [-0.4, -0.2) is 14.8 Å². The molecule has 0 radical (unpaired) electrons. The maximum Gasteiger partial charge on any atom is 0.190 e. The summed E-state index contributed by atoms with van der Waals surface area (Å²) >= 11 is 6.11. The van der Waals surface area contributed by atoms with E-state index in [0.29, 0.717) is 21.6 Å². The summed E-state index contributed by atoms with van der Waals surface area (Å²) in [6.07, 6.45) is 1.68. The van der Waals surface area contributed by atoms with E-state index >= 15 is 0 Å². The van der Waals surface area contributed by atoms with Crippen LogP contribution >= 0.6 is 11.6 Å². The van der Waals surface area contributed by atoms with Crippen LogP contribution in [0.4, 0.5) is 0 Å². The number of H-pyrrole nitrogens is 1. The molecular formula is C13H10ClN3O. The van der Waals surface area contributed by atoms with Crippen LogP contribution in [0.3, 0.4) is 0 Å². The van der Waals surface area contributed by atoms with E-state index in [9.17, 15) is 4.79 Å². The Hall–Kier alpha value is -2.07. The molecule has 2 heterocycles. The van der Waals surface area contributed by atoms with Gasteiger partial charge in [0.15, 0.2) is 5.43 Å². The molecule has 18 heavy (non-hydrogen) atoms. The molecule has 0 bridgehead atoms. The van der Waals surface area contributed by atoms with Crippen molar-refractivity contribution < 1.29 is 0 Å². The van der Waals surface area contributed by atoms with Crippen molar-refractivity contribution in [2.75, 3.05) is 0 Å². The second-order valence-corrected chi connectivity index (χ2v) is 4.46. The topological polar surface area (TPSA) is 50.7 Å². The zero-order valence-corrected chi connectivity index (χ0v) is 10.4. The summed E-state index contributed by atoms with van der Waals surface area (Å²) in [5, 5.41) is 5.21. The van der Waals surface area contributed by atoms with Gasteiger partial charge in [0.1, 0.15) is 0 Å². The first-order chi connectivity index (χ1) is 8.66. The van der Waals surface area contributed by atoms with E-state index in [1.807, 2.05) is 13.1 Å². The lowest BCUT2D eigenvalue weighted by molar-refractivity contribution is 0.773. The van der Waals surface area contributed by atoms with E-state index in [1.165, 1.54) is 0 Å². The van der Waals surface area contributed by atoms with Crippen LogP contribution in [0.2, 0.25) is 5.02 Å². The molecule has 0 aliphatic carbocycles. The summed E-state index contributed by atoms with van der Waals surface area (Å²) < 4.78 is 1.70. The fourth-order valence-corrected chi connectivity index (χ4v) is 2.23. The van der Waals surface area contributed by atoms with Crippen molar-refractivity contribution in [2.24, 2.45) is 7.05 Å². The van der Waals surface area contributed by atoms with Crippen LogP contribution in [0, 0.1) is 0 Å². The minimum atomic E-state index is -0.0533. The molecule has 5 heteroatoms. The Morgan fingerprint density at radius 3 is 2.89 bits per heavy atom. The predicted octanol–water partition coefficient (Wildman–Crippen LogP) is 2.58. The van der Waals surface area contributed by atoms with E-state index in [0.717, 1.165) is 5.69 Å². The van der Waals surface area contributed by atoms with E-state index in [4.69, 9.17) is 11.6 Å². The third-order valence-corrected chi connectivity index (χ3v) is 3.23. The van der Waals surface area contributed by atoms with E-state index in [1.54, 1.807) is 35.1 Å². The minimum Gasteiger partial charge on any atom is -0.352 e. The molecule has 1 aromatic carbocycles. The van der Waals surface area contributed by atoms with Crippen LogP contribution in [0.15, 0.2) is 41.3 Å². The molecular weight excluding hydrogens is 250 g/mol. The van der Waals surface area contributed by atoms with Crippen molar-refractivity contribution in [1.29, 1.82) is 0 Å². The fourth-order valence-electron chi connectivity index (χ4n) is 2.01. The summed E-state index contributed by atoms with van der Waals surface area (Å²) in [7, 11) is 1.82. The highest BCUT2D eigenvalue weighted by molar-refractivity contribution is 6.35. The Kier molecular flexibility index (Phi) is 2.45. The second kappa shape index (κ2) is 3.99. The number of hydrogen-bond acceptors (Lipinski definition) is 2. The molecule has 0 unspecified atom stereocenters. The molecule has 4 nitrogen and oxygen atoms in total. The van der Waals surface area contributed by atoms with E-state index in [2.05, 4.69) is 10.1 Å². The number of para-hydroxylation sites is 1. The molecule has 0 atom stereocenters. The van der Waals surface area contributed by atoms with Gasteiger partial charge in [-0.3, -0.25) is 9.48 Å².